The number of carboxylic acid groups (broad SMARTS) is 1. The topological polar surface area (TPSA) is 144 Å². The molecular formula is C17H17F3N4O4. The first-order valence-corrected chi connectivity index (χ1v) is 7.21. The third-order valence-corrected chi connectivity index (χ3v) is 3.53. The lowest BCUT2D eigenvalue weighted by molar-refractivity contribution is -0.192. The molecule has 5 N–H and O–H groups in total. The zero-order valence-electron chi connectivity index (χ0n) is 13.8. The number of hydrogen-bond acceptors (Lipinski definition) is 7. The number of carbonyl (C=O) groups is 1. The van der Waals surface area contributed by atoms with Crippen molar-refractivity contribution < 1.29 is 32.5 Å². The number of benzene rings is 1. The third kappa shape index (κ3) is 4.35. The van der Waals surface area contributed by atoms with Crippen molar-refractivity contribution in [3.05, 3.63) is 34.9 Å². The van der Waals surface area contributed by atoms with Crippen LogP contribution >= 0.6 is 0 Å². The molecule has 0 fully saturated rings. The number of nitrogens with zero attached hydrogens (tertiary/aromatic N) is 2. The predicted molar refractivity (Wildman–Crippen MR) is 94.1 cm³/mol. The first-order valence-electron chi connectivity index (χ1n) is 7.21. The molecule has 1 aromatic heterocycles. The molecule has 0 aliphatic carbocycles. The molecular weight excluding hydrogens is 381 g/mol. The molecule has 0 amide bonds. The van der Waals surface area contributed by atoms with E-state index in [4.69, 9.17) is 36.1 Å². The van der Waals surface area contributed by atoms with Gasteiger partial charge in [-0.3, -0.25) is 0 Å². The van der Waals surface area contributed by atoms with Crippen LogP contribution in [0.2, 0.25) is 0 Å². The number of methoxy groups -OCH3 is 1. The van der Waals surface area contributed by atoms with E-state index in [1.54, 1.807) is 13.2 Å². The van der Waals surface area contributed by atoms with E-state index >= 15 is 0 Å². The number of carboxylic acids is 1. The maximum absolute atomic E-state index is 10.6. The molecule has 8 nitrogen and oxygen atoms in total. The Balaban J connectivity index is 0.000000425. The van der Waals surface area contributed by atoms with Crippen molar-refractivity contribution in [1.29, 1.82) is 5.26 Å². The lowest BCUT2D eigenvalue weighted by atomic mass is 9.99. The molecule has 0 bridgehead atoms. The number of halogens is 3. The monoisotopic (exact) mass is 398 g/mol. The van der Waals surface area contributed by atoms with Gasteiger partial charge in [0.1, 0.15) is 17.5 Å². The number of nitrogen functional groups attached to an aromatic ring is 2. The summed E-state index contributed by atoms with van der Waals surface area (Å²) in [6, 6.07) is 7.57. The molecule has 0 unspecified atom stereocenters. The maximum atomic E-state index is 10.6. The number of hydrogen-bond donors (Lipinski definition) is 3. The summed E-state index contributed by atoms with van der Waals surface area (Å²) in [6.45, 7) is 0. The van der Waals surface area contributed by atoms with Crippen LogP contribution in [0, 0.1) is 11.3 Å². The van der Waals surface area contributed by atoms with E-state index in [2.05, 4.69) is 4.98 Å². The molecule has 0 saturated carbocycles. The van der Waals surface area contributed by atoms with E-state index in [0.717, 1.165) is 5.56 Å². The minimum absolute atomic E-state index is 0. The van der Waals surface area contributed by atoms with Crippen molar-refractivity contribution >= 4 is 17.5 Å². The number of rotatable bonds is 1. The van der Waals surface area contributed by atoms with Crippen LogP contribution in [0.4, 0.5) is 24.7 Å². The maximum Gasteiger partial charge on any atom is 0.490 e. The van der Waals surface area contributed by atoms with E-state index in [1.165, 1.54) is 0 Å². The summed E-state index contributed by atoms with van der Waals surface area (Å²) < 4.78 is 42.8. The van der Waals surface area contributed by atoms with Crippen molar-refractivity contribution in [2.75, 3.05) is 18.6 Å². The van der Waals surface area contributed by atoms with Crippen LogP contribution in [-0.4, -0.2) is 29.3 Å². The first-order chi connectivity index (χ1) is 12.6. The highest BCUT2D eigenvalue weighted by Gasteiger charge is 2.38. The molecule has 28 heavy (non-hydrogen) atoms. The molecule has 2 aromatic rings. The van der Waals surface area contributed by atoms with E-state index in [1.807, 2.05) is 18.2 Å². The summed E-state index contributed by atoms with van der Waals surface area (Å²) in [5.74, 6) is -1.12. The Morgan fingerprint density at radius 3 is 2.50 bits per heavy atom. The van der Waals surface area contributed by atoms with Crippen molar-refractivity contribution in [3.63, 3.8) is 0 Å². The van der Waals surface area contributed by atoms with Crippen molar-refractivity contribution in [3.8, 4) is 23.4 Å². The third-order valence-electron chi connectivity index (χ3n) is 3.53. The summed E-state index contributed by atoms with van der Waals surface area (Å²) >= 11 is 0. The Kier molecular flexibility index (Phi) is 6.66. The minimum Gasteiger partial charge on any atom is -0.493 e. The first kappa shape index (κ1) is 22.4. The summed E-state index contributed by atoms with van der Waals surface area (Å²) in [5.41, 5.74) is 13.8. The lowest BCUT2D eigenvalue weighted by Crippen LogP contribution is -2.21. The van der Waals surface area contributed by atoms with E-state index < -0.39 is 12.1 Å². The molecule has 1 aliphatic rings. The number of anilines is 2. The SMILES string of the molecule is C.COc1cccc2c1Oc1nc(N)c(C#N)c(N)c1C2.O=C(O)C(F)(F)F. The Morgan fingerprint density at radius 2 is 2.00 bits per heavy atom. The summed E-state index contributed by atoms with van der Waals surface area (Å²) in [7, 11) is 1.57. The highest BCUT2D eigenvalue weighted by Crippen LogP contribution is 2.44. The van der Waals surface area contributed by atoms with Gasteiger partial charge in [0.15, 0.2) is 11.5 Å². The van der Waals surface area contributed by atoms with Gasteiger partial charge in [0.05, 0.1) is 12.8 Å². The van der Waals surface area contributed by atoms with Gasteiger partial charge in [-0.1, -0.05) is 19.6 Å². The van der Waals surface area contributed by atoms with Gasteiger partial charge >= 0.3 is 12.1 Å². The zero-order valence-corrected chi connectivity index (χ0v) is 13.8. The largest absolute Gasteiger partial charge is 0.493 e. The van der Waals surface area contributed by atoms with Gasteiger partial charge in [-0.05, 0) is 6.07 Å². The van der Waals surface area contributed by atoms with Crippen LogP contribution < -0.4 is 20.9 Å². The average molecular weight is 398 g/mol. The highest BCUT2D eigenvalue weighted by molar-refractivity contribution is 5.73. The van der Waals surface area contributed by atoms with Gasteiger partial charge < -0.3 is 26.0 Å². The van der Waals surface area contributed by atoms with E-state index in [-0.39, 0.29) is 18.8 Å². The van der Waals surface area contributed by atoms with E-state index in [0.29, 0.717) is 35.1 Å². The van der Waals surface area contributed by atoms with E-state index in [9.17, 15) is 13.2 Å². The fourth-order valence-electron chi connectivity index (χ4n) is 2.27. The quantitative estimate of drug-likeness (QED) is 0.567. The fraction of sp³-hybridized carbons (Fsp3) is 0.235. The molecule has 2 heterocycles. The molecule has 150 valence electrons. The van der Waals surface area contributed by atoms with Gasteiger partial charge in [0, 0.05) is 17.5 Å². The van der Waals surface area contributed by atoms with Crippen LogP contribution in [-0.2, 0) is 11.2 Å². The number of nitriles is 1. The predicted octanol–water partition coefficient (Wildman–Crippen LogP) is 3.09. The molecule has 0 spiro atoms. The lowest BCUT2D eigenvalue weighted by Gasteiger charge is -2.23. The summed E-state index contributed by atoms with van der Waals surface area (Å²) in [4.78, 5) is 13.0. The standard InChI is InChI=1S/C14H12N4O2.C2HF3O2.CH4/c1-19-10-4-2-3-7-5-8-11(16)9(6-15)13(17)18-14(8)20-12(7)10;3-2(4,5)1(6)7;/h2-4H,5H2,1H3,(H4,16,17,18);(H,6,7);1H4. The van der Waals surface area contributed by atoms with Gasteiger partial charge in [-0.25, -0.2) is 4.79 Å². The average Bonchev–Trinajstić information content (AvgIpc) is 2.60. The van der Waals surface area contributed by atoms with Crippen LogP contribution in [0.25, 0.3) is 0 Å². The Labute approximate surface area is 158 Å². The van der Waals surface area contributed by atoms with Gasteiger partial charge in [-0.15, -0.1) is 0 Å². The number of ether oxygens (including phenoxy) is 2. The van der Waals surface area contributed by atoms with Crippen LogP contribution in [0.15, 0.2) is 18.2 Å². The second-order valence-electron chi connectivity index (χ2n) is 5.21. The van der Waals surface area contributed by atoms with Crippen molar-refractivity contribution in [2.45, 2.75) is 20.0 Å². The molecule has 1 aromatic carbocycles. The van der Waals surface area contributed by atoms with Crippen molar-refractivity contribution in [2.24, 2.45) is 0 Å². The fourth-order valence-corrected chi connectivity index (χ4v) is 2.27. The highest BCUT2D eigenvalue weighted by atomic mass is 19.4. The number of nitrogens with two attached hydrogens (primary N) is 2. The normalized spacial score (nSPS) is 11.2. The molecule has 3 rings (SSSR count). The molecule has 0 atom stereocenters. The van der Waals surface area contributed by atoms with Gasteiger partial charge in [0.2, 0.25) is 5.88 Å². The van der Waals surface area contributed by atoms with Crippen LogP contribution in [0.3, 0.4) is 0 Å². The Morgan fingerprint density at radius 1 is 1.39 bits per heavy atom. The Hall–Kier alpha value is -3.68. The summed E-state index contributed by atoms with van der Waals surface area (Å²) in [5, 5.41) is 16.2. The number of aromatic nitrogens is 1. The van der Waals surface area contributed by atoms with Gasteiger partial charge in [0.25, 0.3) is 0 Å². The smallest absolute Gasteiger partial charge is 0.490 e. The van der Waals surface area contributed by atoms with Crippen molar-refractivity contribution in [1.82, 2.24) is 4.98 Å². The number of alkyl halides is 3. The molecule has 11 heteroatoms. The second-order valence-corrected chi connectivity index (χ2v) is 5.21. The Bertz CT molecular complexity index is 939. The number of para-hydroxylation sites is 1. The zero-order chi connectivity index (χ0) is 20.4. The molecule has 0 saturated heterocycles. The minimum atomic E-state index is -5.08. The molecule has 1 aliphatic heterocycles. The number of pyridine rings is 1. The van der Waals surface area contributed by atoms with Crippen LogP contribution in [0.5, 0.6) is 17.4 Å². The number of fused-ring (bicyclic) bond motifs is 2. The second kappa shape index (κ2) is 8.34. The summed E-state index contributed by atoms with van der Waals surface area (Å²) in [6.07, 6.45) is -4.56. The van der Waals surface area contributed by atoms with Gasteiger partial charge in [-0.2, -0.15) is 23.4 Å². The number of aliphatic carboxylic acids is 1. The molecule has 0 radical (unpaired) electrons. The van der Waals surface area contributed by atoms with Crippen LogP contribution in [0.1, 0.15) is 24.1 Å².